The second-order valence-corrected chi connectivity index (χ2v) is 11.7. The molecule has 0 bridgehead atoms. The number of fused-ring (bicyclic) bond motifs is 2. The predicted molar refractivity (Wildman–Crippen MR) is 164 cm³/mol. The minimum Gasteiger partial charge on any atom is -0.369 e. The molecule has 4 heterocycles. The summed E-state index contributed by atoms with van der Waals surface area (Å²) in [6.07, 6.45) is 3.62. The Balaban J connectivity index is 1.33. The second-order valence-electron chi connectivity index (χ2n) is 11.7. The number of carbonyl (C=O) groups is 1. The lowest BCUT2D eigenvalue weighted by molar-refractivity contribution is -0.128. The molecule has 0 N–H and O–H groups in total. The molecule has 218 valence electrons. The molecule has 2 fully saturated rings. The van der Waals surface area contributed by atoms with E-state index < -0.39 is 0 Å². The third-order valence-electron chi connectivity index (χ3n) is 8.88. The molecular weight excluding hydrogens is 526 g/mol. The fourth-order valence-corrected chi connectivity index (χ4v) is 6.72. The molecule has 2 aromatic carbocycles. The van der Waals surface area contributed by atoms with Crippen LogP contribution in [0.2, 0.25) is 0 Å². The van der Waals surface area contributed by atoms with Crippen molar-refractivity contribution in [2.24, 2.45) is 0 Å². The Hall–Kier alpha value is -4.00. The molecule has 9 heteroatoms. The number of benzene rings is 2. The van der Waals surface area contributed by atoms with E-state index in [0.29, 0.717) is 38.6 Å². The molecule has 6 rings (SSSR count). The van der Waals surface area contributed by atoms with Crippen molar-refractivity contribution < 1.29 is 9.53 Å². The Morgan fingerprint density at radius 2 is 1.95 bits per heavy atom. The summed E-state index contributed by atoms with van der Waals surface area (Å²) in [7, 11) is 2.12. The van der Waals surface area contributed by atoms with Gasteiger partial charge in [0.25, 0.3) is 0 Å². The molecule has 0 radical (unpaired) electrons. The first-order chi connectivity index (χ1) is 20.4. The van der Waals surface area contributed by atoms with Crippen molar-refractivity contribution in [3.8, 4) is 6.07 Å². The van der Waals surface area contributed by atoms with Crippen molar-refractivity contribution >= 4 is 28.2 Å². The van der Waals surface area contributed by atoms with Crippen LogP contribution < -0.4 is 9.80 Å². The first kappa shape index (κ1) is 28.1. The fourth-order valence-electron chi connectivity index (χ4n) is 6.72. The zero-order valence-corrected chi connectivity index (χ0v) is 24.6. The van der Waals surface area contributed by atoms with Gasteiger partial charge in [-0.15, -0.1) is 0 Å². The van der Waals surface area contributed by atoms with E-state index in [0.717, 1.165) is 49.6 Å². The number of carbonyl (C=O) groups excluding carboxylic acids is 1. The molecule has 42 heavy (non-hydrogen) atoms. The first-order valence-electron chi connectivity index (χ1n) is 14.9. The van der Waals surface area contributed by atoms with E-state index in [2.05, 4.69) is 77.7 Å². The zero-order chi connectivity index (χ0) is 29.2. The minimum absolute atomic E-state index is 0.128. The average molecular weight is 566 g/mol. The highest BCUT2D eigenvalue weighted by Gasteiger charge is 2.33. The Labute approximate surface area is 248 Å². The third-order valence-corrected chi connectivity index (χ3v) is 8.88. The summed E-state index contributed by atoms with van der Waals surface area (Å²) in [5, 5.41) is 12.1. The van der Waals surface area contributed by atoms with Crippen molar-refractivity contribution in [2.75, 3.05) is 56.1 Å². The Morgan fingerprint density at radius 1 is 1.12 bits per heavy atom. The lowest BCUT2D eigenvalue weighted by Gasteiger charge is -2.42. The SMILES string of the molecule is C=CC(=O)N1CCN(c2nc(CO[C@@H]3CCN(C)C3)nc3c2CCN(c2cccc4cccc(C)c24)C3)C[C@@H]1CC#N. The van der Waals surface area contributed by atoms with Gasteiger partial charge in [0.1, 0.15) is 12.4 Å². The van der Waals surface area contributed by atoms with Gasteiger partial charge in [-0.2, -0.15) is 5.26 Å². The largest absolute Gasteiger partial charge is 0.369 e. The highest BCUT2D eigenvalue weighted by atomic mass is 16.5. The van der Waals surface area contributed by atoms with Crippen LogP contribution in [0.15, 0.2) is 49.1 Å². The molecule has 0 spiro atoms. The van der Waals surface area contributed by atoms with Crippen LogP contribution in [0.5, 0.6) is 0 Å². The minimum atomic E-state index is -0.215. The number of hydrogen-bond acceptors (Lipinski definition) is 8. The molecular formula is C33H39N7O2. The maximum absolute atomic E-state index is 12.5. The van der Waals surface area contributed by atoms with Gasteiger partial charge in [0.05, 0.1) is 36.9 Å². The lowest BCUT2D eigenvalue weighted by atomic mass is 9.99. The van der Waals surface area contributed by atoms with Gasteiger partial charge in [-0.1, -0.05) is 36.9 Å². The molecule has 0 aliphatic carbocycles. The van der Waals surface area contributed by atoms with Gasteiger partial charge >= 0.3 is 0 Å². The molecule has 3 aromatic rings. The van der Waals surface area contributed by atoms with E-state index in [1.807, 2.05) is 0 Å². The number of piperazine rings is 1. The lowest BCUT2D eigenvalue weighted by Crippen LogP contribution is -2.55. The molecule has 9 nitrogen and oxygen atoms in total. The molecule has 2 saturated heterocycles. The molecule has 0 unspecified atom stereocenters. The number of nitrogens with zero attached hydrogens (tertiary/aromatic N) is 7. The molecule has 1 amide bonds. The Bertz CT molecular complexity index is 1530. The number of nitriles is 1. The highest BCUT2D eigenvalue weighted by Crippen LogP contribution is 2.35. The van der Waals surface area contributed by atoms with Crippen LogP contribution in [0.3, 0.4) is 0 Å². The van der Waals surface area contributed by atoms with Crippen molar-refractivity contribution in [1.29, 1.82) is 5.26 Å². The van der Waals surface area contributed by atoms with Crippen molar-refractivity contribution in [3.63, 3.8) is 0 Å². The zero-order valence-electron chi connectivity index (χ0n) is 24.6. The fraction of sp³-hybridized carbons (Fsp3) is 0.455. The van der Waals surface area contributed by atoms with Gasteiger partial charge < -0.3 is 24.3 Å². The number of hydrogen-bond donors (Lipinski definition) is 0. The smallest absolute Gasteiger partial charge is 0.246 e. The van der Waals surface area contributed by atoms with Crippen LogP contribution in [0.1, 0.15) is 35.5 Å². The van der Waals surface area contributed by atoms with Gasteiger partial charge in [-0.25, -0.2) is 9.97 Å². The van der Waals surface area contributed by atoms with E-state index >= 15 is 0 Å². The predicted octanol–water partition coefficient (Wildman–Crippen LogP) is 3.84. The second kappa shape index (κ2) is 12.1. The maximum Gasteiger partial charge on any atom is 0.246 e. The molecule has 1 aromatic heterocycles. The Kier molecular flexibility index (Phi) is 8.09. The summed E-state index contributed by atoms with van der Waals surface area (Å²) < 4.78 is 6.29. The van der Waals surface area contributed by atoms with Gasteiger partial charge in [0, 0.05) is 55.9 Å². The molecule has 3 aliphatic heterocycles. The van der Waals surface area contributed by atoms with E-state index in [9.17, 15) is 10.1 Å². The van der Waals surface area contributed by atoms with E-state index in [1.54, 1.807) is 4.90 Å². The summed E-state index contributed by atoms with van der Waals surface area (Å²) in [6.45, 7) is 11.4. The molecule has 2 atom stereocenters. The summed E-state index contributed by atoms with van der Waals surface area (Å²) in [6, 6.07) is 15.0. The summed E-state index contributed by atoms with van der Waals surface area (Å²) in [5.41, 5.74) is 4.68. The highest BCUT2D eigenvalue weighted by molar-refractivity contribution is 5.97. The Morgan fingerprint density at radius 3 is 2.71 bits per heavy atom. The number of rotatable bonds is 7. The van der Waals surface area contributed by atoms with Gasteiger partial charge in [0.15, 0.2) is 5.82 Å². The van der Waals surface area contributed by atoms with Gasteiger partial charge in [-0.05, 0) is 49.9 Å². The standard InChI is InChI=1S/C33H39N7O2/c1-4-31(41)40-18-17-39(19-25(40)11-14-34)33-27-13-16-38(29-10-6-9-24-8-5-7-23(2)32(24)29)21-28(27)35-30(36-33)22-42-26-12-15-37(3)20-26/h4-10,25-26H,1,11-13,15-22H2,2-3H3/t25-,26+/m0/s1. The molecule has 3 aliphatic rings. The van der Waals surface area contributed by atoms with Crippen LogP contribution in [0.25, 0.3) is 10.8 Å². The molecule has 0 saturated carbocycles. The van der Waals surface area contributed by atoms with Gasteiger partial charge in [0.2, 0.25) is 5.91 Å². The van der Waals surface area contributed by atoms with Gasteiger partial charge in [-0.3, -0.25) is 4.79 Å². The number of ether oxygens (including phenoxy) is 1. The summed E-state index contributed by atoms with van der Waals surface area (Å²) in [4.78, 5) is 31.4. The van der Waals surface area contributed by atoms with Crippen LogP contribution in [0.4, 0.5) is 11.5 Å². The summed E-state index contributed by atoms with van der Waals surface area (Å²) in [5.74, 6) is 1.48. The number of aromatic nitrogens is 2. The monoisotopic (exact) mass is 565 g/mol. The average Bonchev–Trinajstić information content (AvgIpc) is 3.43. The maximum atomic E-state index is 12.5. The topological polar surface area (TPSA) is 88.8 Å². The first-order valence-corrected chi connectivity index (χ1v) is 14.9. The van der Waals surface area contributed by atoms with Crippen LogP contribution in [-0.2, 0) is 29.1 Å². The number of aryl methyl sites for hydroxylation is 1. The number of likely N-dealkylation sites (N-methyl/N-ethyl adjacent to an activating group) is 1. The number of amides is 1. The quantitative estimate of drug-likeness (QED) is 0.400. The van der Waals surface area contributed by atoms with E-state index in [1.165, 1.54) is 28.1 Å². The normalized spacial score (nSPS) is 20.9. The summed E-state index contributed by atoms with van der Waals surface area (Å²) >= 11 is 0. The van der Waals surface area contributed by atoms with Crippen LogP contribution >= 0.6 is 0 Å². The number of likely N-dealkylation sites (tertiary alicyclic amines) is 1. The van der Waals surface area contributed by atoms with Crippen LogP contribution in [-0.4, -0.2) is 84.1 Å². The van der Waals surface area contributed by atoms with Crippen molar-refractivity contribution in [2.45, 2.75) is 51.5 Å². The number of anilines is 2. The van der Waals surface area contributed by atoms with Crippen molar-refractivity contribution in [1.82, 2.24) is 19.8 Å². The van der Waals surface area contributed by atoms with E-state index in [4.69, 9.17) is 14.7 Å². The van der Waals surface area contributed by atoms with E-state index in [-0.39, 0.29) is 24.5 Å². The van der Waals surface area contributed by atoms with Crippen LogP contribution in [0, 0.1) is 18.3 Å². The third kappa shape index (κ3) is 5.57. The van der Waals surface area contributed by atoms with Crippen molar-refractivity contribution in [3.05, 3.63) is 71.7 Å².